The summed E-state index contributed by atoms with van der Waals surface area (Å²) in [5.74, 6) is 0.403. The summed E-state index contributed by atoms with van der Waals surface area (Å²) in [5.41, 5.74) is 1.02. The Kier molecular flexibility index (Phi) is 2.33. The summed E-state index contributed by atoms with van der Waals surface area (Å²) >= 11 is 0. The molecule has 0 aliphatic carbocycles. The summed E-state index contributed by atoms with van der Waals surface area (Å²) in [6, 6.07) is 4.72. The average Bonchev–Trinajstić information content (AvgIpc) is 2.15. The molecular formula is C12H16FNO. The van der Waals surface area contributed by atoms with Gasteiger partial charge in [0.25, 0.3) is 0 Å². The smallest absolute Gasteiger partial charge is 0.145 e. The Balaban J connectivity index is 2.43. The third-order valence-electron chi connectivity index (χ3n) is 2.59. The number of fused-ring (bicyclic) bond motifs is 1. The predicted molar refractivity (Wildman–Crippen MR) is 59.0 cm³/mol. The van der Waals surface area contributed by atoms with Crippen LogP contribution in [0, 0.1) is 5.82 Å². The maximum absolute atomic E-state index is 13.0. The summed E-state index contributed by atoms with van der Waals surface area (Å²) in [4.78, 5) is 2.24. The van der Waals surface area contributed by atoms with Crippen LogP contribution >= 0.6 is 0 Å². The van der Waals surface area contributed by atoms with Crippen LogP contribution in [-0.4, -0.2) is 18.7 Å². The van der Waals surface area contributed by atoms with Crippen LogP contribution in [0.5, 0.6) is 5.75 Å². The molecule has 0 bridgehead atoms. The zero-order valence-corrected chi connectivity index (χ0v) is 9.38. The monoisotopic (exact) mass is 209 g/mol. The minimum atomic E-state index is -0.246. The van der Waals surface area contributed by atoms with Crippen LogP contribution in [-0.2, 0) is 0 Å². The zero-order chi connectivity index (χ0) is 11.1. The van der Waals surface area contributed by atoms with E-state index in [2.05, 4.69) is 25.7 Å². The van der Waals surface area contributed by atoms with Crippen LogP contribution in [0.3, 0.4) is 0 Å². The second kappa shape index (κ2) is 3.40. The molecule has 1 aliphatic rings. The van der Waals surface area contributed by atoms with E-state index in [0.29, 0.717) is 12.4 Å². The molecule has 0 radical (unpaired) electrons. The van der Waals surface area contributed by atoms with Crippen molar-refractivity contribution in [2.75, 3.05) is 18.1 Å². The zero-order valence-electron chi connectivity index (χ0n) is 9.38. The van der Waals surface area contributed by atoms with Crippen LogP contribution in [0.2, 0.25) is 0 Å². The lowest BCUT2D eigenvalue weighted by Gasteiger charge is -2.41. The molecule has 0 saturated carbocycles. The number of hydrogen-bond donors (Lipinski definition) is 0. The van der Waals surface area contributed by atoms with Gasteiger partial charge in [0.15, 0.2) is 0 Å². The lowest BCUT2D eigenvalue weighted by atomic mass is 10.0. The van der Waals surface area contributed by atoms with Gasteiger partial charge < -0.3 is 9.64 Å². The molecule has 1 aliphatic heterocycles. The fourth-order valence-electron chi connectivity index (χ4n) is 1.89. The fourth-order valence-corrected chi connectivity index (χ4v) is 1.89. The van der Waals surface area contributed by atoms with Crippen molar-refractivity contribution in [3.8, 4) is 5.75 Å². The van der Waals surface area contributed by atoms with Gasteiger partial charge in [0, 0.05) is 11.6 Å². The van der Waals surface area contributed by atoms with Crippen LogP contribution in [0.1, 0.15) is 20.8 Å². The molecule has 2 nitrogen and oxygen atoms in total. The molecule has 0 atom stereocenters. The van der Waals surface area contributed by atoms with E-state index in [1.54, 1.807) is 6.07 Å². The van der Waals surface area contributed by atoms with Crippen LogP contribution in [0.4, 0.5) is 10.1 Å². The first kappa shape index (κ1) is 10.3. The van der Waals surface area contributed by atoms with E-state index in [9.17, 15) is 4.39 Å². The molecule has 15 heavy (non-hydrogen) atoms. The van der Waals surface area contributed by atoms with Crippen molar-refractivity contribution in [1.29, 1.82) is 0 Å². The topological polar surface area (TPSA) is 12.5 Å². The number of anilines is 1. The molecule has 0 fully saturated rings. The van der Waals surface area contributed by atoms with Crippen molar-refractivity contribution in [2.45, 2.75) is 26.3 Å². The van der Waals surface area contributed by atoms with Crippen molar-refractivity contribution < 1.29 is 9.13 Å². The first-order valence-corrected chi connectivity index (χ1v) is 5.18. The SMILES string of the molecule is CC(C)(C)N1CCOc2cc(F)ccc21. The highest BCUT2D eigenvalue weighted by atomic mass is 19.1. The largest absolute Gasteiger partial charge is 0.489 e. The Bertz CT molecular complexity index is 370. The van der Waals surface area contributed by atoms with Gasteiger partial charge in [-0.25, -0.2) is 4.39 Å². The molecular weight excluding hydrogens is 193 g/mol. The Morgan fingerprint density at radius 1 is 1.33 bits per heavy atom. The van der Waals surface area contributed by atoms with Gasteiger partial charge in [0.2, 0.25) is 0 Å². The third kappa shape index (κ3) is 1.91. The minimum absolute atomic E-state index is 0.0381. The number of rotatable bonds is 0. The predicted octanol–water partition coefficient (Wildman–Crippen LogP) is 2.82. The molecule has 82 valence electrons. The summed E-state index contributed by atoms with van der Waals surface area (Å²) in [5, 5.41) is 0. The Morgan fingerprint density at radius 3 is 2.73 bits per heavy atom. The molecule has 1 aromatic rings. The van der Waals surface area contributed by atoms with Crippen molar-refractivity contribution in [3.05, 3.63) is 24.0 Å². The first-order valence-electron chi connectivity index (χ1n) is 5.18. The number of nitrogens with zero attached hydrogens (tertiary/aromatic N) is 1. The third-order valence-corrected chi connectivity index (χ3v) is 2.59. The maximum Gasteiger partial charge on any atom is 0.145 e. The molecule has 0 amide bonds. The molecule has 0 spiro atoms. The normalized spacial score (nSPS) is 15.9. The van der Waals surface area contributed by atoms with Crippen molar-refractivity contribution in [1.82, 2.24) is 0 Å². The van der Waals surface area contributed by atoms with Crippen LogP contribution < -0.4 is 9.64 Å². The fraction of sp³-hybridized carbons (Fsp3) is 0.500. The van der Waals surface area contributed by atoms with Gasteiger partial charge in [-0.05, 0) is 32.9 Å². The molecule has 3 heteroatoms. The molecule has 2 rings (SSSR count). The van der Waals surface area contributed by atoms with Crippen molar-refractivity contribution in [3.63, 3.8) is 0 Å². The van der Waals surface area contributed by atoms with Gasteiger partial charge in [-0.1, -0.05) is 0 Å². The maximum atomic E-state index is 13.0. The second-order valence-corrected chi connectivity index (χ2v) is 4.78. The Morgan fingerprint density at radius 2 is 2.07 bits per heavy atom. The highest BCUT2D eigenvalue weighted by Gasteiger charge is 2.27. The first-order chi connectivity index (χ1) is 6.98. The van der Waals surface area contributed by atoms with Crippen LogP contribution in [0.15, 0.2) is 18.2 Å². The highest BCUT2D eigenvalue weighted by Crippen LogP contribution is 2.35. The van der Waals surface area contributed by atoms with E-state index in [4.69, 9.17) is 4.74 Å². The molecule has 0 saturated heterocycles. The molecule has 0 aromatic heterocycles. The molecule has 0 unspecified atom stereocenters. The molecule has 0 N–H and O–H groups in total. The van der Waals surface area contributed by atoms with Crippen molar-refractivity contribution in [2.24, 2.45) is 0 Å². The van der Waals surface area contributed by atoms with Gasteiger partial charge in [-0.2, -0.15) is 0 Å². The Hall–Kier alpha value is -1.25. The summed E-state index contributed by atoms with van der Waals surface area (Å²) < 4.78 is 18.5. The summed E-state index contributed by atoms with van der Waals surface area (Å²) in [6.45, 7) is 7.90. The lowest BCUT2D eigenvalue weighted by molar-refractivity contribution is 0.288. The van der Waals surface area contributed by atoms with Gasteiger partial charge in [-0.15, -0.1) is 0 Å². The minimum Gasteiger partial charge on any atom is -0.489 e. The van der Waals surface area contributed by atoms with Gasteiger partial charge >= 0.3 is 0 Å². The van der Waals surface area contributed by atoms with E-state index >= 15 is 0 Å². The lowest BCUT2D eigenvalue weighted by Crippen LogP contribution is -2.46. The average molecular weight is 209 g/mol. The van der Waals surface area contributed by atoms with E-state index in [1.165, 1.54) is 12.1 Å². The molecule has 1 aromatic carbocycles. The van der Waals surface area contributed by atoms with Crippen LogP contribution in [0.25, 0.3) is 0 Å². The number of ether oxygens (including phenoxy) is 1. The summed E-state index contributed by atoms with van der Waals surface area (Å²) in [7, 11) is 0. The number of halogens is 1. The number of hydrogen-bond acceptors (Lipinski definition) is 2. The standard InChI is InChI=1S/C12H16FNO/c1-12(2,3)14-6-7-15-11-8-9(13)4-5-10(11)14/h4-5,8H,6-7H2,1-3H3. The quantitative estimate of drug-likeness (QED) is 0.651. The van der Waals surface area contributed by atoms with E-state index in [1.807, 2.05) is 0 Å². The highest BCUT2D eigenvalue weighted by molar-refractivity contribution is 5.61. The van der Waals surface area contributed by atoms with Crippen molar-refractivity contribution >= 4 is 5.69 Å². The van der Waals surface area contributed by atoms with Gasteiger partial charge in [0.1, 0.15) is 18.2 Å². The van der Waals surface area contributed by atoms with Gasteiger partial charge in [-0.3, -0.25) is 0 Å². The second-order valence-electron chi connectivity index (χ2n) is 4.78. The molecule has 1 heterocycles. The van der Waals surface area contributed by atoms with E-state index in [0.717, 1.165) is 12.2 Å². The number of benzene rings is 1. The van der Waals surface area contributed by atoms with E-state index < -0.39 is 0 Å². The van der Waals surface area contributed by atoms with E-state index in [-0.39, 0.29) is 11.4 Å². The Labute approximate surface area is 89.7 Å². The summed E-state index contributed by atoms with van der Waals surface area (Å²) in [6.07, 6.45) is 0. The van der Waals surface area contributed by atoms with Gasteiger partial charge in [0.05, 0.1) is 12.2 Å².